The molecule has 2 atom stereocenters. The van der Waals surface area contributed by atoms with Gasteiger partial charge in [0.15, 0.2) is 0 Å². The maximum atomic E-state index is 12.6. The highest BCUT2D eigenvalue weighted by atomic mass is 16.5. The van der Waals surface area contributed by atoms with Gasteiger partial charge in [-0.3, -0.25) is 24.1 Å². The summed E-state index contributed by atoms with van der Waals surface area (Å²) in [6.07, 6.45) is 14.7. The van der Waals surface area contributed by atoms with Crippen LogP contribution < -0.4 is 0 Å². The minimum atomic E-state index is -0.550. The van der Waals surface area contributed by atoms with Crippen LogP contribution in [0.25, 0.3) is 0 Å². The monoisotopic (exact) mass is 554 g/mol. The second kappa shape index (κ2) is 21.6. The van der Waals surface area contributed by atoms with Crippen molar-refractivity contribution < 1.29 is 33.4 Å². The normalized spacial score (nSPS) is 16.6. The predicted molar refractivity (Wildman–Crippen MR) is 151 cm³/mol. The van der Waals surface area contributed by atoms with E-state index < -0.39 is 17.9 Å². The van der Waals surface area contributed by atoms with Gasteiger partial charge in [-0.2, -0.15) is 0 Å². The molecule has 0 aromatic heterocycles. The minimum absolute atomic E-state index is 0.0306. The van der Waals surface area contributed by atoms with Crippen LogP contribution in [0, 0.1) is 0 Å². The molecule has 2 unspecified atom stereocenters. The third-order valence-electron chi connectivity index (χ3n) is 7.18. The van der Waals surface area contributed by atoms with Crippen LogP contribution in [0.2, 0.25) is 0 Å². The lowest BCUT2D eigenvalue weighted by Crippen LogP contribution is -2.59. The van der Waals surface area contributed by atoms with Gasteiger partial charge in [0.05, 0.1) is 38.9 Å². The zero-order chi connectivity index (χ0) is 28.9. The smallest absolute Gasteiger partial charge is 0.320 e. The van der Waals surface area contributed by atoms with Gasteiger partial charge in [0.25, 0.3) is 0 Å². The Balaban J connectivity index is 2.49. The average Bonchev–Trinajstić information content (AvgIpc) is 2.86. The number of carbonyl (C=O) groups excluding carboxylic acids is 4. The number of hydrogen-bond acceptors (Lipinski definition) is 8. The number of hydrogen-bond donors (Lipinski definition) is 0. The van der Waals surface area contributed by atoms with Gasteiger partial charge in [0.2, 0.25) is 5.91 Å². The first kappa shape index (κ1) is 34.9. The van der Waals surface area contributed by atoms with E-state index in [9.17, 15) is 19.2 Å². The summed E-state index contributed by atoms with van der Waals surface area (Å²) in [5.74, 6) is -1.54. The molecule has 1 heterocycles. The molecule has 226 valence electrons. The molecule has 0 bridgehead atoms. The number of carbonyl (C=O) groups is 4. The van der Waals surface area contributed by atoms with Crippen LogP contribution in [0.15, 0.2) is 0 Å². The van der Waals surface area contributed by atoms with E-state index in [1.54, 1.807) is 4.90 Å². The molecule has 0 saturated carbocycles. The first-order chi connectivity index (χ1) is 18.8. The van der Waals surface area contributed by atoms with E-state index in [0.29, 0.717) is 13.2 Å². The van der Waals surface area contributed by atoms with Crippen molar-refractivity contribution in [2.45, 2.75) is 130 Å². The van der Waals surface area contributed by atoms with Gasteiger partial charge in [-0.05, 0) is 25.7 Å². The molecule has 0 spiro atoms. The highest BCUT2D eigenvalue weighted by molar-refractivity contribution is 5.78. The fourth-order valence-electron chi connectivity index (χ4n) is 4.91. The standard InChI is InChI=1S/C30H54N2O7/c1-5-8-10-12-14-16-18-37-28(34)21-31(22-29(35)38-19-17-15-13-11-9-6-2)23-30(36)39-24-27-20-26(7-3)32(27)25(4)33/h26-27H,5-24H2,1-4H3. The van der Waals surface area contributed by atoms with E-state index in [1.165, 1.54) is 50.3 Å². The third kappa shape index (κ3) is 15.9. The number of rotatable bonds is 23. The molecule has 9 nitrogen and oxygen atoms in total. The minimum Gasteiger partial charge on any atom is -0.465 e. The van der Waals surface area contributed by atoms with Gasteiger partial charge < -0.3 is 19.1 Å². The Morgan fingerprint density at radius 2 is 1.08 bits per heavy atom. The van der Waals surface area contributed by atoms with Gasteiger partial charge in [-0.15, -0.1) is 0 Å². The predicted octanol–water partition coefficient (Wildman–Crippen LogP) is 5.04. The Hall–Kier alpha value is -2.16. The summed E-state index contributed by atoms with van der Waals surface area (Å²) in [4.78, 5) is 52.5. The summed E-state index contributed by atoms with van der Waals surface area (Å²) >= 11 is 0. The number of nitrogens with zero attached hydrogens (tertiary/aromatic N) is 2. The first-order valence-electron chi connectivity index (χ1n) is 15.3. The highest BCUT2D eigenvalue weighted by Crippen LogP contribution is 2.28. The molecule has 0 N–H and O–H groups in total. The van der Waals surface area contributed by atoms with E-state index in [2.05, 4.69) is 13.8 Å². The maximum absolute atomic E-state index is 12.6. The number of unbranched alkanes of at least 4 members (excludes halogenated alkanes) is 10. The van der Waals surface area contributed by atoms with Gasteiger partial charge in [-0.1, -0.05) is 85.0 Å². The third-order valence-corrected chi connectivity index (χ3v) is 7.18. The summed E-state index contributed by atoms with van der Waals surface area (Å²) in [5, 5.41) is 0. The molecule has 1 saturated heterocycles. The van der Waals surface area contributed by atoms with E-state index >= 15 is 0 Å². The van der Waals surface area contributed by atoms with Crippen LogP contribution in [-0.4, -0.2) is 85.2 Å². The van der Waals surface area contributed by atoms with Crippen molar-refractivity contribution >= 4 is 23.8 Å². The Morgan fingerprint density at radius 1 is 0.641 bits per heavy atom. The zero-order valence-electron chi connectivity index (χ0n) is 25.0. The second-order valence-electron chi connectivity index (χ2n) is 10.7. The second-order valence-corrected chi connectivity index (χ2v) is 10.7. The average molecular weight is 555 g/mol. The van der Waals surface area contributed by atoms with Crippen LogP contribution in [0.1, 0.15) is 118 Å². The van der Waals surface area contributed by atoms with Crippen LogP contribution in [-0.2, 0) is 33.4 Å². The van der Waals surface area contributed by atoms with Gasteiger partial charge in [-0.25, -0.2) is 0 Å². The summed E-state index contributed by atoms with van der Waals surface area (Å²) < 4.78 is 16.1. The largest absolute Gasteiger partial charge is 0.465 e. The molecule has 1 aliphatic heterocycles. The Morgan fingerprint density at radius 3 is 1.51 bits per heavy atom. The number of amides is 1. The molecule has 0 aromatic rings. The molecule has 1 amide bonds. The van der Waals surface area contributed by atoms with Crippen LogP contribution in [0.3, 0.4) is 0 Å². The molecule has 1 aliphatic rings. The number of ether oxygens (including phenoxy) is 3. The molecule has 1 rings (SSSR count). The van der Waals surface area contributed by atoms with Crippen molar-refractivity contribution in [1.82, 2.24) is 9.80 Å². The van der Waals surface area contributed by atoms with Crippen LogP contribution >= 0.6 is 0 Å². The SMILES string of the molecule is CCCCCCCCOC(=O)CN(CC(=O)OCCCCCCCC)CC(=O)OCC1CC(CC)N1C(C)=O. The van der Waals surface area contributed by atoms with Crippen molar-refractivity contribution in [1.29, 1.82) is 0 Å². The topological polar surface area (TPSA) is 102 Å². The van der Waals surface area contributed by atoms with Crippen molar-refractivity contribution in [3.05, 3.63) is 0 Å². The number of likely N-dealkylation sites (tertiary alicyclic amines) is 1. The summed E-state index contributed by atoms with van der Waals surface area (Å²) in [6, 6.07) is 0.0555. The molecular weight excluding hydrogens is 500 g/mol. The van der Waals surface area contributed by atoms with Crippen molar-refractivity contribution in [2.75, 3.05) is 39.5 Å². The Kier molecular flexibility index (Phi) is 19.3. The highest BCUT2D eigenvalue weighted by Gasteiger charge is 2.39. The van der Waals surface area contributed by atoms with E-state index in [1.807, 2.05) is 6.92 Å². The summed E-state index contributed by atoms with van der Waals surface area (Å²) in [6.45, 7) is 8.02. The lowest BCUT2D eigenvalue weighted by Gasteiger charge is -2.47. The summed E-state index contributed by atoms with van der Waals surface area (Å²) in [7, 11) is 0. The molecule has 39 heavy (non-hydrogen) atoms. The van der Waals surface area contributed by atoms with Gasteiger partial charge in [0, 0.05) is 13.0 Å². The molecule has 0 aliphatic carbocycles. The van der Waals surface area contributed by atoms with Crippen LogP contribution in [0.5, 0.6) is 0 Å². The fourth-order valence-corrected chi connectivity index (χ4v) is 4.91. The molecule has 0 radical (unpaired) electrons. The lowest BCUT2D eigenvalue weighted by molar-refractivity contribution is -0.159. The molecule has 0 aromatic carbocycles. The fraction of sp³-hybridized carbons (Fsp3) is 0.867. The quantitative estimate of drug-likeness (QED) is 0.0984. The van der Waals surface area contributed by atoms with E-state index in [-0.39, 0.29) is 44.2 Å². The molecular formula is C30H54N2O7. The lowest BCUT2D eigenvalue weighted by atomic mass is 9.91. The van der Waals surface area contributed by atoms with Crippen LogP contribution in [0.4, 0.5) is 0 Å². The van der Waals surface area contributed by atoms with Crippen molar-refractivity contribution in [3.63, 3.8) is 0 Å². The van der Waals surface area contributed by atoms with Crippen molar-refractivity contribution in [3.8, 4) is 0 Å². The first-order valence-corrected chi connectivity index (χ1v) is 15.3. The van der Waals surface area contributed by atoms with Gasteiger partial charge in [0.1, 0.15) is 6.61 Å². The number of esters is 3. The van der Waals surface area contributed by atoms with E-state index in [0.717, 1.165) is 51.4 Å². The van der Waals surface area contributed by atoms with Crippen molar-refractivity contribution in [2.24, 2.45) is 0 Å². The van der Waals surface area contributed by atoms with Gasteiger partial charge >= 0.3 is 17.9 Å². The Bertz CT molecular complexity index is 683. The Labute approximate surface area is 236 Å². The maximum Gasteiger partial charge on any atom is 0.320 e. The molecule has 9 heteroatoms. The summed E-state index contributed by atoms with van der Waals surface area (Å²) in [5.41, 5.74) is 0. The molecule has 1 fully saturated rings. The van der Waals surface area contributed by atoms with E-state index in [4.69, 9.17) is 14.2 Å². The zero-order valence-corrected chi connectivity index (χ0v) is 25.0.